The summed E-state index contributed by atoms with van der Waals surface area (Å²) in [5.74, 6) is 0.596. The topological polar surface area (TPSA) is 77.3 Å². The molecule has 27 heavy (non-hydrogen) atoms. The van der Waals surface area contributed by atoms with E-state index in [2.05, 4.69) is 33.2 Å². The Morgan fingerprint density at radius 2 is 2.04 bits per heavy atom. The lowest BCUT2D eigenvalue weighted by Crippen LogP contribution is -2.04. The molecular weight excluding hydrogens is 454 g/mol. The van der Waals surface area contributed by atoms with Crippen molar-refractivity contribution in [3.8, 4) is 5.75 Å². The molecule has 6 nitrogen and oxygen atoms in total. The van der Waals surface area contributed by atoms with Crippen molar-refractivity contribution >= 4 is 50.2 Å². The van der Waals surface area contributed by atoms with E-state index in [0.717, 1.165) is 17.7 Å². The molecule has 1 N–H and O–H groups in total. The lowest BCUT2D eigenvalue weighted by molar-refractivity contribution is -0.384. The first-order valence-electron chi connectivity index (χ1n) is 8.96. The highest BCUT2D eigenvalue weighted by Crippen LogP contribution is 2.36. The van der Waals surface area contributed by atoms with Gasteiger partial charge in [-0.1, -0.05) is 50.6 Å². The average Bonchev–Trinajstić information content (AvgIpc) is 3.05. The van der Waals surface area contributed by atoms with Crippen molar-refractivity contribution in [2.45, 2.75) is 52.0 Å². The van der Waals surface area contributed by atoms with Crippen LogP contribution in [0.2, 0.25) is 4.47 Å². The molecule has 2 rings (SSSR count). The summed E-state index contributed by atoms with van der Waals surface area (Å²) in [6.45, 7) is 3.20. The van der Waals surface area contributed by atoms with Gasteiger partial charge in [-0.15, -0.1) is 11.3 Å². The number of hydrogen-bond acceptors (Lipinski definition) is 6. The fraction of sp³-hybridized carbons (Fsp3) is 0.500. The number of anilines is 1. The van der Waals surface area contributed by atoms with Crippen LogP contribution in [-0.4, -0.2) is 16.5 Å². The molecule has 0 atom stereocenters. The third kappa shape index (κ3) is 7.27. The van der Waals surface area contributed by atoms with Crippen molar-refractivity contribution in [1.82, 2.24) is 4.98 Å². The third-order valence-electron chi connectivity index (χ3n) is 3.98. The Morgan fingerprint density at radius 3 is 2.70 bits per heavy atom. The van der Waals surface area contributed by atoms with Crippen LogP contribution in [-0.2, 0) is 6.54 Å². The van der Waals surface area contributed by atoms with E-state index >= 15 is 0 Å². The molecule has 0 unspecified atom stereocenters. The Balaban J connectivity index is 1.97. The van der Waals surface area contributed by atoms with Crippen LogP contribution < -0.4 is 10.1 Å². The summed E-state index contributed by atoms with van der Waals surface area (Å²) in [6.07, 6.45) is 8.72. The van der Waals surface area contributed by atoms with Gasteiger partial charge in [0, 0.05) is 23.2 Å². The Bertz CT molecular complexity index is 757. The molecule has 1 aromatic carbocycles. The number of hydrogen-bond donors (Lipinski definition) is 1. The molecule has 2 aromatic rings. The molecule has 0 radical (unpaired) electrons. The Labute approximate surface area is 176 Å². The molecular formula is C18H23BrClN3O3S. The van der Waals surface area contributed by atoms with E-state index in [4.69, 9.17) is 16.3 Å². The summed E-state index contributed by atoms with van der Waals surface area (Å²) in [5, 5.41) is 14.4. The summed E-state index contributed by atoms with van der Waals surface area (Å²) in [6, 6.07) is 3.14. The van der Waals surface area contributed by atoms with E-state index < -0.39 is 4.92 Å². The second kappa shape index (κ2) is 11.5. The quantitative estimate of drug-likeness (QED) is 0.207. The normalized spacial score (nSPS) is 10.8. The second-order valence-corrected chi connectivity index (χ2v) is 8.66. The van der Waals surface area contributed by atoms with Crippen LogP contribution in [0.3, 0.4) is 0 Å². The SMILES string of the molecule is CCCCCCCCOc1cc(NCc2cnc(Cl)s2)c([N+](=O)[O-])cc1Br. The molecule has 0 aliphatic heterocycles. The van der Waals surface area contributed by atoms with Crippen LogP contribution in [0.4, 0.5) is 11.4 Å². The highest BCUT2D eigenvalue weighted by molar-refractivity contribution is 9.10. The summed E-state index contributed by atoms with van der Waals surface area (Å²) < 4.78 is 6.85. The van der Waals surface area contributed by atoms with Crippen LogP contribution >= 0.6 is 38.9 Å². The molecule has 0 amide bonds. The minimum Gasteiger partial charge on any atom is -0.492 e. The maximum absolute atomic E-state index is 11.4. The highest BCUT2D eigenvalue weighted by Gasteiger charge is 2.18. The maximum atomic E-state index is 11.4. The number of thiazole rings is 1. The smallest absolute Gasteiger partial charge is 0.293 e. The zero-order chi connectivity index (χ0) is 19.6. The van der Waals surface area contributed by atoms with Gasteiger partial charge in [-0.05, 0) is 22.4 Å². The van der Waals surface area contributed by atoms with Gasteiger partial charge in [0.2, 0.25) is 0 Å². The highest BCUT2D eigenvalue weighted by atomic mass is 79.9. The minimum absolute atomic E-state index is 0.00981. The number of nitrogens with zero attached hydrogens (tertiary/aromatic N) is 2. The number of unbranched alkanes of at least 4 members (excludes halogenated alkanes) is 5. The number of halogens is 2. The van der Waals surface area contributed by atoms with Crippen molar-refractivity contribution in [2.75, 3.05) is 11.9 Å². The van der Waals surface area contributed by atoms with Gasteiger partial charge in [-0.3, -0.25) is 10.1 Å². The van der Waals surface area contributed by atoms with Crippen molar-refractivity contribution in [3.63, 3.8) is 0 Å². The first-order valence-corrected chi connectivity index (χ1v) is 10.9. The van der Waals surface area contributed by atoms with E-state index in [-0.39, 0.29) is 5.69 Å². The molecule has 148 valence electrons. The van der Waals surface area contributed by atoms with E-state index in [1.165, 1.54) is 43.1 Å². The fourth-order valence-electron chi connectivity index (χ4n) is 2.56. The number of benzene rings is 1. The second-order valence-electron chi connectivity index (χ2n) is 6.11. The first-order chi connectivity index (χ1) is 13.0. The van der Waals surface area contributed by atoms with E-state index in [1.807, 2.05) is 0 Å². The monoisotopic (exact) mass is 475 g/mol. The van der Waals surface area contributed by atoms with Gasteiger partial charge >= 0.3 is 0 Å². The molecule has 1 aromatic heterocycles. The van der Waals surface area contributed by atoms with Crippen molar-refractivity contribution < 1.29 is 9.66 Å². The van der Waals surface area contributed by atoms with Gasteiger partial charge in [-0.2, -0.15) is 0 Å². The lowest BCUT2D eigenvalue weighted by Gasteiger charge is -2.12. The standard InChI is InChI=1S/C18H23BrClN3O3S/c1-2-3-4-5-6-7-8-26-17-10-15(16(23(24)25)9-14(17)19)21-11-13-12-22-18(20)27-13/h9-10,12,21H,2-8,11H2,1H3. The predicted molar refractivity (Wildman–Crippen MR) is 114 cm³/mol. The molecule has 0 aliphatic carbocycles. The molecule has 9 heteroatoms. The molecule has 0 spiro atoms. The van der Waals surface area contributed by atoms with Gasteiger partial charge in [0.25, 0.3) is 5.69 Å². The number of nitro benzene ring substituents is 1. The van der Waals surface area contributed by atoms with Gasteiger partial charge in [0.1, 0.15) is 11.4 Å². The van der Waals surface area contributed by atoms with E-state index in [1.54, 1.807) is 12.3 Å². The van der Waals surface area contributed by atoms with Crippen molar-refractivity contribution in [2.24, 2.45) is 0 Å². The minimum atomic E-state index is -0.412. The van der Waals surface area contributed by atoms with Crippen molar-refractivity contribution in [3.05, 3.63) is 42.3 Å². The fourth-order valence-corrected chi connectivity index (χ4v) is 3.92. The lowest BCUT2D eigenvalue weighted by atomic mass is 10.1. The summed E-state index contributed by atoms with van der Waals surface area (Å²) >= 11 is 10.5. The molecule has 1 heterocycles. The summed E-state index contributed by atoms with van der Waals surface area (Å²) in [4.78, 5) is 15.8. The Morgan fingerprint density at radius 1 is 1.30 bits per heavy atom. The summed E-state index contributed by atoms with van der Waals surface area (Å²) in [7, 11) is 0. The van der Waals surface area contributed by atoms with Gasteiger partial charge in [-0.25, -0.2) is 4.98 Å². The van der Waals surface area contributed by atoms with Crippen LogP contribution in [0, 0.1) is 10.1 Å². The first kappa shape index (κ1) is 21.9. The van der Waals surface area contributed by atoms with Crippen LogP contribution in [0.25, 0.3) is 0 Å². The Kier molecular flexibility index (Phi) is 9.30. The van der Waals surface area contributed by atoms with E-state index in [9.17, 15) is 10.1 Å². The molecule has 0 aliphatic rings. The van der Waals surface area contributed by atoms with Gasteiger partial charge in [0.15, 0.2) is 4.47 Å². The van der Waals surface area contributed by atoms with Gasteiger partial charge in [0.05, 0.1) is 22.5 Å². The number of nitrogens with one attached hydrogen (secondary N) is 1. The van der Waals surface area contributed by atoms with Crippen LogP contribution in [0.1, 0.15) is 50.3 Å². The average molecular weight is 477 g/mol. The number of ether oxygens (including phenoxy) is 1. The number of rotatable bonds is 12. The molecule has 0 fully saturated rings. The van der Waals surface area contributed by atoms with Crippen molar-refractivity contribution in [1.29, 1.82) is 0 Å². The largest absolute Gasteiger partial charge is 0.492 e. The van der Waals surface area contributed by atoms with Crippen LogP contribution in [0.15, 0.2) is 22.8 Å². The molecule has 0 bridgehead atoms. The molecule has 0 saturated carbocycles. The predicted octanol–water partition coefficient (Wildman–Crippen LogP) is 6.82. The summed E-state index contributed by atoms with van der Waals surface area (Å²) in [5.41, 5.74) is 0.398. The number of nitro groups is 1. The molecule has 0 saturated heterocycles. The number of aromatic nitrogens is 1. The maximum Gasteiger partial charge on any atom is 0.293 e. The zero-order valence-electron chi connectivity index (χ0n) is 15.2. The van der Waals surface area contributed by atoms with Gasteiger partial charge < -0.3 is 10.1 Å². The third-order valence-corrected chi connectivity index (χ3v) is 5.72. The Hall–Kier alpha value is -1.38. The zero-order valence-corrected chi connectivity index (χ0v) is 18.3. The van der Waals surface area contributed by atoms with Crippen LogP contribution in [0.5, 0.6) is 5.75 Å². The van der Waals surface area contributed by atoms with E-state index in [0.29, 0.717) is 33.5 Å².